The molecule has 0 rings (SSSR count). The van der Waals surface area contributed by atoms with Crippen molar-refractivity contribution < 1.29 is 13.9 Å². The Balaban J connectivity index is 3.43. The molecule has 0 radical (unpaired) electrons. The van der Waals surface area contributed by atoms with Crippen LogP contribution in [-0.4, -0.2) is 24.8 Å². The van der Waals surface area contributed by atoms with Crippen molar-refractivity contribution in [3.05, 3.63) is 0 Å². The van der Waals surface area contributed by atoms with Gasteiger partial charge in [0, 0.05) is 0 Å². The summed E-state index contributed by atoms with van der Waals surface area (Å²) in [6.07, 6.45) is 0. The van der Waals surface area contributed by atoms with Crippen LogP contribution < -0.4 is 0 Å². The molecule has 0 aromatic rings. The van der Waals surface area contributed by atoms with Crippen LogP contribution in [0.2, 0.25) is 0 Å². The first-order chi connectivity index (χ1) is 4.12. The zero-order valence-electron chi connectivity index (χ0n) is 6.13. The molecule has 0 aliphatic heterocycles. The van der Waals surface area contributed by atoms with E-state index in [1.807, 2.05) is 13.8 Å². The summed E-state index contributed by atoms with van der Waals surface area (Å²) >= 11 is 0. The van der Waals surface area contributed by atoms with Crippen molar-refractivity contribution in [2.24, 2.45) is 0 Å². The average molecular weight is 153 g/mol. The SMILES string of the molecule is CCO[P+](C)(O)OCC. The van der Waals surface area contributed by atoms with Gasteiger partial charge < -0.3 is 0 Å². The van der Waals surface area contributed by atoms with E-state index < -0.39 is 7.94 Å². The van der Waals surface area contributed by atoms with Crippen LogP contribution in [0.3, 0.4) is 0 Å². The van der Waals surface area contributed by atoms with E-state index in [0.717, 1.165) is 0 Å². The fourth-order valence-corrected chi connectivity index (χ4v) is 1.55. The topological polar surface area (TPSA) is 38.7 Å². The van der Waals surface area contributed by atoms with Crippen LogP contribution in [0.5, 0.6) is 0 Å². The third kappa shape index (κ3) is 4.79. The Hall–Kier alpha value is 0.310. The van der Waals surface area contributed by atoms with E-state index in [-0.39, 0.29) is 0 Å². The van der Waals surface area contributed by atoms with Crippen molar-refractivity contribution in [1.82, 2.24) is 0 Å². The van der Waals surface area contributed by atoms with Crippen LogP contribution in [0.25, 0.3) is 0 Å². The van der Waals surface area contributed by atoms with Crippen LogP contribution in [0.4, 0.5) is 0 Å². The van der Waals surface area contributed by atoms with Gasteiger partial charge >= 0.3 is 7.94 Å². The van der Waals surface area contributed by atoms with Crippen LogP contribution >= 0.6 is 7.94 Å². The molecule has 4 heteroatoms. The Labute approximate surface area is 56.6 Å². The van der Waals surface area contributed by atoms with Crippen molar-refractivity contribution in [2.45, 2.75) is 13.8 Å². The third-order valence-electron chi connectivity index (χ3n) is 0.737. The van der Waals surface area contributed by atoms with E-state index in [0.29, 0.717) is 13.2 Å². The van der Waals surface area contributed by atoms with Crippen molar-refractivity contribution in [3.63, 3.8) is 0 Å². The van der Waals surface area contributed by atoms with E-state index >= 15 is 0 Å². The highest BCUT2D eigenvalue weighted by Gasteiger charge is 2.31. The first kappa shape index (κ1) is 9.31. The fourth-order valence-electron chi connectivity index (χ4n) is 0.516. The second-order valence-corrected chi connectivity index (χ2v) is 3.76. The van der Waals surface area contributed by atoms with E-state index in [4.69, 9.17) is 9.05 Å². The summed E-state index contributed by atoms with van der Waals surface area (Å²) in [5.41, 5.74) is 0. The molecule has 0 saturated carbocycles. The standard InChI is InChI=1S/C5H14O3P/c1-4-7-9(3,6)8-5-2/h6H,4-5H2,1-3H3/q+1. The molecule has 3 nitrogen and oxygen atoms in total. The van der Waals surface area contributed by atoms with Crippen molar-refractivity contribution in [3.8, 4) is 0 Å². The van der Waals surface area contributed by atoms with Gasteiger partial charge in [-0.05, 0) is 13.8 Å². The first-order valence-corrected chi connectivity index (χ1v) is 5.03. The maximum absolute atomic E-state index is 9.18. The zero-order chi connectivity index (χ0) is 7.33. The van der Waals surface area contributed by atoms with Gasteiger partial charge in [0.05, 0.1) is 13.2 Å². The van der Waals surface area contributed by atoms with E-state index in [9.17, 15) is 4.89 Å². The molecule has 0 spiro atoms. The summed E-state index contributed by atoms with van der Waals surface area (Å²) in [5, 5.41) is 0. The quantitative estimate of drug-likeness (QED) is 0.621. The highest BCUT2D eigenvalue weighted by molar-refractivity contribution is 7.59. The third-order valence-corrected chi connectivity index (χ3v) is 2.21. The molecule has 1 N–H and O–H groups in total. The molecule has 0 aliphatic carbocycles. The lowest BCUT2D eigenvalue weighted by Gasteiger charge is -2.09. The molecule has 56 valence electrons. The molecule has 0 unspecified atom stereocenters. The lowest BCUT2D eigenvalue weighted by Crippen LogP contribution is -1.99. The van der Waals surface area contributed by atoms with Crippen LogP contribution in [0.1, 0.15) is 13.8 Å². The highest BCUT2D eigenvalue weighted by Crippen LogP contribution is 2.52. The maximum Gasteiger partial charge on any atom is 0.405 e. The maximum atomic E-state index is 9.18. The number of hydrogen-bond donors (Lipinski definition) is 1. The second kappa shape index (κ2) is 4.18. The minimum absolute atomic E-state index is 0.501. The molecule has 0 aliphatic rings. The Morgan fingerprint density at radius 1 is 1.22 bits per heavy atom. The van der Waals surface area contributed by atoms with Crippen LogP contribution in [0.15, 0.2) is 0 Å². The summed E-state index contributed by atoms with van der Waals surface area (Å²) < 4.78 is 9.83. The summed E-state index contributed by atoms with van der Waals surface area (Å²) in [4.78, 5) is 9.18. The largest absolute Gasteiger partial charge is 0.405 e. The van der Waals surface area contributed by atoms with Gasteiger partial charge in [-0.25, -0.2) is 0 Å². The predicted octanol–water partition coefficient (Wildman–Crippen LogP) is 1.44. The summed E-state index contributed by atoms with van der Waals surface area (Å²) in [6.45, 7) is 6.24. The minimum atomic E-state index is -2.44. The molecule has 0 bridgehead atoms. The Kier molecular flexibility index (Phi) is 4.32. The van der Waals surface area contributed by atoms with Gasteiger partial charge in [-0.2, -0.15) is 13.9 Å². The molecule has 9 heavy (non-hydrogen) atoms. The van der Waals surface area contributed by atoms with E-state index in [1.54, 1.807) is 6.66 Å². The summed E-state index contributed by atoms with van der Waals surface area (Å²) in [7, 11) is -2.44. The molecule has 0 saturated heterocycles. The van der Waals surface area contributed by atoms with Gasteiger partial charge in [-0.1, -0.05) is 0 Å². The van der Waals surface area contributed by atoms with Crippen LogP contribution in [-0.2, 0) is 9.05 Å². The lowest BCUT2D eigenvalue weighted by atomic mass is 10.9. The zero-order valence-corrected chi connectivity index (χ0v) is 7.02. The van der Waals surface area contributed by atoms with Crippen LogP contribution in [0, 0.1) is 0 Å². The first-order valence-electron chi connectivity index (χ1n) is 3.00. The smallest absolute Gasteiger partial charge is 0.193 e. The van der Waals surface area contributed by atoms with Gasteiger partial charge in [0.1, 0.15) is 6.66 Å². The van der Waals surface area contributed by atoms with E-state index in [2.05, 4.69) is 0 Å². The van der Waals surface area contributed by atoms with Gasteiger partial charge in [-0.15, -0.1) is 0 Å². The fraction of sp³-hybridized carbons (Fsp3) is 1.00. The van der Waals surface area contributed by atoms with Gasteiger partial charge in [0.25, 0.3) is 0 Å². The molecular weight excluding hydrogens is 139 g/mol. The van der Waals surface area contributed by atoms with Gasteiger partial charge in [0.2, 0.25) is 0 Å². The average Bonchev–Trinajstić information content (AvgIpc) is 1.64. The summed E-state index contributed by atoms with van der Waals surface area (Å²) in [6, 6.07) is 0. The highest BCUT2D eigenvalue weighted by atomic mass is 31.2. The molecule has 0 amide bonds. The Morgan fingerprint density at radius 3 is 1.78 bits per heavy atom. The monoisotopic (exact) mass is 153 g/mol. The summed E-state index contributed by atoms with van der Waals surface area (Å²) in [5.74, 6) is 0. The van der Waals surface area contributed by atoms with Gasteiger partial charge in [0.15, 0.2) is 0 Å². The van der Waals surface area contributed by atoms with Gasteiger partial charge in [-0.3, -0.25) is 0 Å². The predicted molar refractivity (Wildman–Crippen MR) is 38.3 cm³/mol. The second-order valence-electron chi connectivity index (χ2n) is 1.64. The molecule has 0 aromatic heterocycles. The van der Waals surface area contributed by atoms with Crippen molar-refractivity contribution in [2.75, 3.05) is 19.9 Å². The van der Waals surface area contributed by atoms with Crippen molar-refractivity contribution in [1.29, 1.82) is 0 Å². The number of hydrogen-bond acceptors (Lipinski definition) is 3. The molecule has 0 heterocycles. The van der Waals surface area contributed by atoms with E-state index in [1.165, 1.54) is 0 Å². The molecule has 0 aromatic carbocycles. The number of rotatable bonds is 4. The Morgan fingerprint density at radius 2 is 1.56 bits per heavy atom. The molecular formula is C5H14O3P+. The molecule has 0 atom stereocenters. The Bertz CT molecular complexity index is 66.6. The lowest BCUT2D eigenvalue weighted by molar-refractivity contribution is 0.195. The normalized spacial score (nSPS) is 12.0. The molecule has 0 fully saturated rings. The van der Waals surface area contributed by atoms with Crippen molar-refractivity contribution >= 4 is 7.94 Å². The minimum Gasteiger partial charge on any atom is -0.193 e.